The molecule has 0 spiro atoms. The number of carbonyl (C=O) groups is 1. The summed E-state index contributed by atoms with van der Waals surface area (Å²) in [4.78, 5) is 14.7. The predicted octanol–water partition coefficient (Wildman–Crippen LogP) is 3.22. The van der Waals surface area contributed by atoms with E-state index in [-0.39, 0.29) is 11.9 Å². The fourth-order valence-electron chi connectivity index (χ4n) is 3.05. The van der Waals surface area contributed by atoms with E-state index < -0.39 is 0 Å². The average molecular weight is 312 g/mol. The lowest BCUT2D eigenvalue weighted by atomic mass is 9.99. The second-order valence-electron chi connectivity index (χ2n) is 6.39. The molecule has 0 saturated carbocycles. The number of benzene rings is 1. The highest BCUT2D eigenvalue weighted by Gasteiger charge is 2.22. The van der Waals surface area contributed by atoms with Crippen molar-refractivity contribution in [2.45, 2.75) is 25.8 Å². The molecule has 122 valence electrons. The molecule has 4 nitrogen and oxygen atoms in total. The molecule has 1 aliphatic rings. The highest BCUT2D eigenvalue weighted by molar-refractivity contribution is 5.79. The largest absolute Gasteiger partial charge is 0.467 e. The molecule has 1 aliphatic heterocycles. The minimum absolute atomic E-state index is 0.0461. The van der Waals surface area contributed by atoms with Gasteiger partial charge < -0.3 is 9.73 Å². The minimum Gasteiger partial charge on any atom is -0.467 e. The Morgan fingerprint density at radius 3 is 2.61 bits per heavy atom. The van der Waals surface area contributed by atoms with Gasteiger partial charge in [-0.3, -0.25) is 9.69 Å². The molecule has 2 aromatic rings. The van der Waals surface area contributed by atoms with Gasteiger partial charge in [0.2, 0.25) is 5.91 Å². The Morgan fingerprint density at radius 1 is 1.22 bits per heavy atom. The van der Waals surface area contributed by atoms with Gasteiger partial charge in [0.1, 0.15) is 11.8 Å². The number of piperidine rings is 1. The topological polar surface area (TPSA) is 45.5 Å². The Hall–Kier alpha value is -2.07. The highest BCUT2D eigenvalue weighted by atomic mass is 16.3. The molecule has 1 amide bonds. The van der Waals surface area contributed by atoms with E-state index >= 15 is 0 Å². The molecule has 1 saturated heterocycles. The van der Waals surface area contributed by atoms with Crippen LogP contribution in [0.25, 0.3) is 0 Å². The first-order valence-electron chi connectivity index (χ1n) is 8.32. The molecule has 1 atom stereocenters. The van der Waals surface area contributed by atoms with Crippen LogP contribution in [0.15, 0.2) is 53.1 Å². The van der Waals surface area contributed by atoms with E-state index in [9.17, 15) is 4.79 Å². The van der Waals surface area contributed by atoms with Crippen LogP contribution < -0.4 is 5.32 Å². The van der Waals surface area contributed by atoms with Gasteiger partial charge >= 0.3 is 0 Å². The summed E-state index contributed by atoms with van der Waals surface area (Å²) in [5.41, 5.74) is 1.03. The zero-order chi connectivity index (χ0) is 16.1. The van der Waals surface area contributed by atoms with E-state index in [1.54, 1.807) is 6.26 Å². The second kappa shape index (κ2) is 7.47. The Balaban J connectivity index is 1.65. The van der Waals surface area contributed by atoms with Crippen molar-refractivity contribution in [3.8, 4) is 0 Å². The molecule has 23 heavy (non-hydrogen) atoms. The van der Waals surface area contributed by atoms with Crippen LogP contribution in [0.1, 0.15) is 37.1 Å². The number of nitrogens with zero attached hydrogens (tertiary/aromatic N) is 1. The summed E-state index contributed by atoms with van der Waals surface area (Å²) in [7, 11) is 0. The van der Waals surface area contributed by atoms with Crippen molar-refractivity contribution in [3.63, 3.8) is 0 Å². The zero-order valence-corrected chi connectivity index (χ0v) is 13.6. The van der Waals surface area contributed by atoms with Crippen LogP contribution in [0.2, 0.25) is 0 Å². The smallest absolute Gasteiger partial charge is 0.235 e. The van der Waals surface area contributed by atoms with Gasteiger partial charge in [0.05, 0.1) is 12.8 Å². The van der Waals surface area contributed by atoms with Crippen LogP contribution >= 0.6 is 0 Å². The quantitative estimate of drug-likeness (QED) is 0.922. The van der Waals surface area contributed by atoms with E-state index in [4.69, 9.17) is 4.42 Å². The third-order valence-corrected chi connectivity index (χ3v) is 4.51. The van der Waals surface area contributed by atoms with Gasteiger partial charge in [0.15, 0.2) is 0 Å². The lowest BCUT2D eigenvalue weighted by Crippen LogP contribution is -2.42. The molecule has 1 aromatic carbocycles. The Labute approximate surface area is 137 Å². The molecule has 0 bridgehead atoms. The van der Waals surface area contributed by atoms with Crippen LogP contribution in [0.4, 0.5) is 0 Å². The van der Waals surface area contributed by atoms with Crippen molar-refractivity contribution < 1.29 is 9.21 Å². The Bertz CT molecular complexity index is 602. The number of furan rings is 1. The van der Waals surface area contributed by atoms with E-state index in [2.05, 4.69) is 17.1 Å². The molecule has 0 radical (unpaired) electrons. The SMILES string of the molecule is CC1CCN(CC(=O)N[C@H](c2ccccc2)c2ccco2)CC1. The fourth-order valence-corrected chi connectivity index (χ4v) is 3.05. The maximum atomic E-state index is 12.5. The van der Waals surface area contributed by atoms with Crippen molar-refractivity contribution in [3.05, 3.63) is 60.1 Å². The van der Waals surface area contributed by atoms with Crippen molar-refractivity contribution in [2.24, 2.45) is 5.92 Å². The first-order chi connectivity index (χ1) is 11.2. The second-order valence-corrected chi connectivity index (χ2v) is 6.39. The maximum Gasteiger partial charge on any atom is 0.235 e. The van der Waals surface area contributed by atoms with Gasteiger partial charge in [-0.25, -0.2) is 0 Å². The maximum absolute atomic E-state index is 12.5. The molecular formula is C19H24N2O2. The van der Waals surface area contributed by atoms with E-state index in [0.29, 0.717) is 6.54 Å². The lowest BCUT2D eigenvalue weighted by molar-refractivity contribution is -0.123. The van der Waals surface area contributed by atoms with Gasteiger partial charge in [-0.2, -0.15) is 0 Å². The molecule has 0 unspecified atom stereocenters. The van der Waals surface area contributed by atoms with Crippen LogP contribution in [-0.4, -0.2) is 30.4 Å². The predicted molar refractivity (Wildman–Crippen MR) is 90.0 cm³/mol. The van der Waals surface area contributed by atoms with Crippen LogP contribution in [0, 0.1) is 5.92 Å². The first kappa shape index (κ1) is 15.8. The number of hydrogen-bond donors (Lipinski definition) is 1. The molecule has 1 fully saturated rings. The highest BCUT2D eigenvalue weighted by Crippen LogP contribution is 2.22. The number of carbonyl (C=O) groups excluding carboxylic acids is 1. The van der Waals surface area contributed by atoms with Crippen molar-refractivity contribution in [1.82, 2.24) is 10.2 Å². The monoisotopic (exact) mass is 312 g/mol. The summed E-state index contributed by atoms with van der Waals surface area (Å²) in [6, 6.07) is 13.5. The van der Waals surface area contributed by atoms with Gasteiger partial charge in [0.25, 0.3) is 0 Å². The van der Waals surface area contributed by atoms with Gasteiger partial charge in [0, 0.05) is 0 Å². The van der Waals surface area contributed by atoms with Crippen LogP contribution in [-0.2, 0) is 4.79 Å². The van der Waals surface area contributed by atoms with Gasteiger partial charge in [-0.15, -0.1) is 0 Å². The summed E-state index contributed by atoms with van der Waals surface area (Å²) >= 11 is 0. The number of nitrogens with one attached hydrogen (secondary N) is 1. The summed E-state index contributed by atoms with van der Waals surface area (Å²) in [6.07, 6.45) is 3.99. The van der Waals surface area contributed by atoms with E-state index in [1.165, 1.54) is 12.8 Å². The summed E-state index contributed by atoms with van der Waals surface area (Å²) in [6.45, 7) is 4.74. The van der Waals surface area contributed by atoms with Gasteiger partial charge in [-0.05, 0) is 49.5 Å². The fraction of sp³-hybridized carbons (Fsp3) is 0.421. The summed E-state index contributed by atoms with van der Waals surface area (Å²) < 4.78 is 5.53. The summed E-state index contributed by atoms with van der Waals surface area (Å²) in [5.74, 6) is 1.58. The molecule has 3 rings (SSSR count). The molecule has 1 aromatic heterocycles. The lowest BCUT2D eigenvalue weighted by Gasteiger charge is -2.30. The van der Waals surface area contributed by atoms with Crippen LogP contribution in [0.5, 0.6) is 0 Å². The molecule has 2 heterocycles. The number of likely N-dealkylation sites (tertiary alicyclic amines) is 1. The summed E-state index contributed by atoms with van der Waals surface area (Å²) in [5, 5.41) is 3.12. The third kappa shape index (κ3) is 4.23. The third-order valence-electron chi connectivity index (χ3n) is 4.51. The van der Waals surface area contributed by atoms with Crippen LogP contribution in [0.3, 0.4) is 0 Å². The normalized spacial score (nSPS) is 17.8. The molecular weight excluding hydrogens is 288 g/mol. The minimum atomic E-state index is -0.234. The van der Waals surface area contributed by atoms with Gasteiger partial charge in [-0.1, -0.05) is 37.3 Å². The average Bonchev–Trinajstić information content (AvgIpc) is 3.10. The van der Waals surface area contributed by atoms with Crippen molar-refractivity contribution in [2.75, 3.05) is 19.6 Å². The van der Waals surface area contributed by atoms with E-state index in [1.807, 2.05) is 42.5 Å². The Morgan fingerprint density at radius 2 is 1.96 bits per heavy atom. The number of rotatable bonds is 5. The Kier molecular flexibility index (Phi) is 5.13. The zero-order valence-electron chi connectivity index (χ0n) is 13.6. The number of amides is 1. The van der Waals surface area contributed by atoms with Crippen molar-refractivity contribution in [1.29, 1.82) is 0 Å². The molecule has 4 heteroatoms. The molecule has 0 aliphatic carbocycles. The van der Waals surface area contributed by atoms with E-state index in [0.717, 1.165) is 30.3 Å². The molecule has 1 N–H and O–H groups in total. The standard InChI is InChI=1S/C19H24N2O2/c1-15-9-11-21(12-10-15)14-18(22)20-19(17-8-5-13-23-17)16-6-3-2-4-7-16/h2-8,13,15,19H,9-12,14H2,1H3,(H,20,22)/t19-/m1/s1. The first-order valence-corrected chi connectivity index (χ1v) is 8.32. The number of hydrogen-bond acceptors (Lipinski definition) is 3. The van der Waals surface area contributed by atoms with Crippen molar-refractivity contribution >= 4 is 5.91 Å².